The standard InChI is InChI=1S/C17H34O4/c1-6-7-14-8-10-17(11-9-14,15(2,3)12-20-18)16(4,5)13-21-19/h14,18-19H,6-13H2,1-5H3. The molecule has 0 unspecified atom stereocenters. The Balaban J connectivity index is 3.03. The Morgan fingerprint density at radius 1 is 0.952 bits per heavy atom. The predicted molar refractivity (Wildman–Crippen MR) is 84.0 cm³/mol. The molecular formula is C17H34O4. The molecule has 21 heavy (non-hydrogen) atoms. The van der Waals surface area contributed by atoms with Crippen LogP contribution in [-0.4, -0.2) is 23.7 Å². The van der Waals surface area contributed by atoms with Crippen molar-refractivity contribution in [3.8, 4) is 0 Å². The Labute approximate surface area is 129 Å². The van der Waals surface area contributed by atoms with Crippen LogP contribution < -0.4 is 0 Å². The normalized spacial score (nSPS) is 20.7. The molecule has 4 heteroatoms. The van der Waals surface area contributed by atoms with Crippen LogP contribution in [0.25, 0.3) is 0 Å². The van der Waals surface area contributed by atoms with E-state index in [2.05, 4.69) is 44.4 Å². The van der Waals surface area contributed by atoms with Gasteiger partial charge in [-0.1, -0.05) is 47.5 Å². The lowest BCUT2D eigenvalue weighted by Gasteiger charge is -2.58. The second-order valence-electron chi connectivity index (χ2n) is 8.13. The smallest absolute Gasteiger partial charge is 0.0876 e. The first kappa shape index (κ1) is 18.9. The number of hydrogen-bond acceptors (Lipinski definition) is 4. The summed E-state index contributed by atoms with van der Waals surface area (Å²) >= 11 is 0. The van der Waals surface area contributed by atoms with E-state index in [0.29, 0.717) is 13.2 Å². The van der Waals surface area contributed by atoms with Crippen LogP contribution in [0.1, 0.15) is 73.1 Å². The van der Waals surface area contributed by atoms with E-state index >= 15 is 0 Å². The van der Waals surface area contributed by atoms with Crippen LogP contribution in [0.5, 0.6) is 0 Å². The molecule has 2 N–H and O–H groups in total. The molecule has 0 aromatic heterocycles. The van der Waals surface area contributed by atoms with Crippen LogP contribution in [0, 0.1) is 22.2 Å². The van der Waals surface area contributed by atoms with Crippen LogP contribution in [0.2, 0.25) is 0 Å². The Morgan fingerprint density at radius 2 is 1.38 bits per heavy atom. The maximum atomic E-state index is 9.00. The summed E-state index contributed by atoms with van der Waals surface area (Å²) < 4.78 is 0. The summed E-state index contributed by atoms with van der Waals surface area (Å²) in [5.74, 6) is 0.805. The summed E-state index contributed by atoms with van der Waals surface area (Å²) in [7, 11) is 0. The lowest BCUT2D eigenvalue weighted by Crippen LogP contribution is -2.54. The summed E-state index contributed by atoms with van der Waals surface area (Å²) in [6.45, 7) is 11.5. The zero-order valence-electron chi connectivity index (χ0n) is 14.4. The fourth-order valence-corrected chi connectivity index (χ4v) is 4.74. The first-order valence-corrected chi connectivity index (χ1v) is 8.29. The van der Waals surface area contributed by atoms with Crippen molar-refractivity contribution < 1.29 is 20.3 Å². The maximum Gasteiger partial charge on any atom is 0.0876 e. The van der Waals surface area contributed by atoms with Crippen molar-refractivity contribution in [2.75, 3.05) is 13.2 Å². The Kier molecular flexibility index (Phi) is 6.66. The van der Waals surface area contributed by atoms with E-state index in [4.69, 9.17) is 10.5 Å². The molecule has 1 aliphatic carbocycles. The van der Waals surface area contributed by atoms with Crippen molar-refractivity contribution in [2.24, 2.45) is 22.2 Å². The van der Waals surface area contributed by atoms with Crippen molar-refractivity contribution in [1.82, 2.24) is 0 Å². The predicted octanol–water partition coefficient (Wildman–Crippen LogP) is 4.99. The molecular weight excluding hydrogens is 268 g/mol. The minimum Gasteiger partial charge on any atom is -0.252 e. The fourth-order valence-electron chi connectivity index (χ4n) is 4.74. The highest BCUT2D eigenvalue weighted by atomic mass is 17.1. The van der Waals surface area contributed by atoms with Crippen LogP contribution in [0.4, 0.5) is 0 Å². The van der Waals surface area contributed by atoms with Crippen LogP contribution in [0.15, 0.2) is 0 Å². The zero-order chi connectivity index (χ0) is 16.1. The van der Waals surface area contributed by atoms with E-state index in [1.165, 1.54) is 25.7 Å². The van der Waals surface area contributed by atoms with E-state index in [1.807, 2.05) is 0 Å². The molecule has 0 radical (unpaired) electrons. The molecule has 126 valence electrons. The maximum absolute atomic E-state index is 9.00. The van der Waals surface area contributed by atoms with Crippen LogP contribution in [0.3, 0.4) is 0 Å². The van der Waals surface area contributed by atoms with Gasteiger partial charge in [0.1, 0.15) is 0 Å². The third kappa shape index (κ3) is 3.79. The van der Waals surface area contributed by atoms with E-state index in [1.54, 1.807) is 0 Å². The van der Waals surface area contributed by atoms with E-state index in [9.17, 15) is 0 Å². The van der Waals surface area contributed by atoms with Gasteiger partial charge in [0, 0.05) is 0 Å². The van der Waals surface area contributed by atoms with Crippen LogP contribution in [-0.2, 0) is 9.78 Å². The number of hydrogen-bond donors (Lipinski definition) is 2. The van der Waals surface area contributed by atoms with Gasteiger partial charge >= 0.3 is 0 Å². The average Bonchev–Trinajstić information content (AvgIpc) is 2.39. The summed E-state index contributed by atoms with van der Waals surface area (Å²) in [4.78, 5) is 9.06. The Bertz CT molecular complexity index is 284. The summed E-state index contributed by atoms with van der Waals surface area (Å²) in [5.41, 5.74) is -0.377. The van der Waals surface area contributed by atoms with Gasteiger partial charge in [0.05, 0.1) is 13.2 Å². The first-order valence-electron chi connectivity index (χ1n) is 8.29. The highest BCUT2D eigenvalue weighted by Gasteiger charge is 2.55. The molecule has 1 fully saturated rings. The lowest BCUT2D eigenvalue weighted by atomic mass is 9.47. The third-order valence-electron chi connectivity index (χ3n) is 6.10. The molecule has 0 aromatic carbocycles. The van der Waals surface area contributed by atoms with Crippen molar-refractivity contribution in [2.45, 2.75) is 73.1 Å². The van der Waals surface area contributed by atoms with Gasteiger partial charge in [-0.15, -0.1) is 0 Å². The van der Waals surface area contributed by atoms with Gasteiger partial charge < -0.3 is 0 Å². The summed E-state index contributed by atoms with van der Waals surface area (Å²) in [6, 6.07) is 0. The third-order valence-corrected chi connectivity index (χ3v) is 6.10. The van der Waals surface area contributed by atoms with Gasteiger partial charge in [0.15, 0.2) is 0 Å². The summed E-state index contributed by atoms with van der Waals surface area (Å²) in [5, 5.41) is 18.0. The van der Waals surface area contributed by atoms with Crippen molar-refractivity contribution in [1.29, 1.82) is 0 Å². The van der Waals surface area contributed by atoms with Crippen molar-refractivity contribution >= 4 is 0 Å². The molecule has 0 aromatic rings. The van der Waals surface area contributed by atoms with E-state index < -0.39 is 0 Å². The minimum atomic E-state index is -0.180. The molecule has 0 amide bonds. The number of rotatable bonds is 8. The van der Waals surface area contributed by atoms with Gasteiger partial charge in [-0.25, -0.2) is 9.78 Å². The highest BCUT2D eigenvalue weighted by Crippen LogP contribution is 2.61. The molecule has 0 aliphatic heterocycles. The quantitative estimate of drug-likeness (QED) is 0.489. The molecule has 0 spiro atoms. The van der Waals surface area contributed by atoms with Crippen molar-refractivity contribution in [3.63, 3.8) is 0 Å². The van der Waals surface area contributed by atoms with Gasteiger partial charge in [-0.3, -0.25) is 10.5 Å². The topological polar surface area (TPSA) is 58.9 Å². The Morgan fingerprint density at radius 3 is 1.71 bits per heavy atom. The average molecular weight is 302 g/mol. The molecule has 1 rings (SSSR count). The highest BCUT2D eigenvalue weighted by molar-refractivity contribution is 5.04. The SMILES string of the molecule is CCCC1CCC(C(C)(C)COO)(C(C)(C)COO)CC1. The first-order chi connectivity index (χ1) is 9.76. The molecule has 1 saturated carbocycles. The zero-order valence-corrected chi connectivity index (χ0v) is 14.4. The lowest BCUT2D eigenvalue weighted by molar-refractivity contribution is -0.302. The largest absolute Gasteiger partial charge is 0.252 e. The molecule has 0 bridgehead atoms. The van der Waals surface area contributed by atoms with Gasteiger partial charge in [-0.2, -0.15) is 0 Å². The second-order valence-corrected chi connectivity index (χ2v) is 8.13. The van der Waals surface area contributed by atoms with Gasteiger partial charge in [-0.05, 0) is 47.8 Å². The monoisotopic (exact) mass is 302 g/mol. The fraction of sp³-hybridized carbons (Fsp3) is 1.00. The van der Waals surface area contributed by atoms with Crippen molar-refractivity contribution in [3.05, 3.63) is 0 Å². The molecule has 0 heterocycles. The molecule has 0 saturated heterocycles. The molecule has 4 nitrogen and oxygen atoms in total. The van der Waals surface area contributed by atoms with Gasteiger partial charge in [0.2, 0.25) is 0 Å². The Hall–Kier alpha value is -0.160. The second kappa shape index (κ2) is 7.40. The molecule has 1 aliphatic rings. The molecule has 0 atom stereocenters. The minimum absolute atomic E-state index is 0.0182. The van der Waals surface area contributed by atoms with E-state index in [0.717, 1.165) is 18.8 Å². The van der Waals surface area contributed by atoms with Crippen LogP contribution >= 0.6 is 0 Å². The van der Waals surface area contributed by atoms with Gasteiger partial charge in [0.25, 0.3) is 0 Å². The summed E-state index contributed by atoms with van der Waals surface area (Å²) in [6.07, 6.45) is 7.12. The van der Waals surface area contributed by atoms with E-state index in [-0.39, 0.29) is 16.2 Å².